The zero-order valence-corrected chi connectivity index (χ0v) is 15.1. The van der Waals surface area contributed by atoms with Crippen LogP contribution < -0.4 is 20.3 Å². The molecule has 3 N–H and O–H groups in total. The van der Waals surface area contributed by atoms with E-state index in [1.807, 2.05) is 0 Å². The van der Waals surface area contributed by atoms with Crippen LogP contribution in [0.25, 0.3) is 0 Å². The van der Waals surface area contributed by atoms with Gasteiger partial charge < -0.3 is 25.2 Å². The van der Waals surface area contributed by atoms with Crippen molar-refractivity contribution in [2.24, 2.45) is 0 Å². The van der Waals surface area contributed by atoms with E-state index < -0.39 is 24.1 Å². The molecule has 9 heteroatoms. The van der Waals surface area contributed by atoms with E-state index in [4.69, 9.17) is 9.47 Å². The van der Waals surface area contributed by atoms with E-state index in [9.17, 15) is 19.1 Å². The number of rotatable bonds is 9. The number of ether oxygens (including phenoxy) is 2. The number of nitrogens with zero attached hydrogens (tertiary/aromatic N) is 1. The minimum atomic E-state index is -0.729. The van der Waals surface area contributed by atoms with Crippen molar-refractivity contribution in [3.63, 3.8) is 0 Å². The molecular formula is C18H24FN3O5. The molecule has 1 heterocycles. The second-order valence-corrected chi connectivity index (χ2v) is 6.82. The highest BCUT2D eigenvalue weighted by Crippen LogP contribution is 2.27. The minimum absolute atomic E-state index is 0.00609. The largest absolute Gasteiger partial charge is 0.488 e. The highest BCUT2D eigenvalue weighted by atomic mass is 19.1. The van der Waals surface area contributed by atoms with Gasteiger partial charge in [0, 0.05) is 25.6 Å². The summed E-state index contributed by atoms with van der Waals surface area (Å²) in [5, 5.41) is 15.6. The van der Waals surface area contributed by atoms with Gasteiger partial charge in [0.2, 0.25) is 5.91 Å². The number of aliphatic hydroxyl groups excluding tert-OH is 1. The summed E-state index contributed by atoms with van der Waals surface area (Å²) in [6, 6.07) is 4.63. The van der Waals surface area contributed by atoms with Gasteiger partial charge in [0.05, 0.1) is 18.8 Å². The summed E-state index contributed by atoms with van der Waals surface area (Å²) in [5.74, 6) is -0.842. The number of carbonyl (C=O) groups excluding carboxylic acids is 2. The van der Waals surface area contributed by atoms with Gasteiger partial charge in [-0.25, -0.2) is 9.18 Å². The SMILES string of the molecule is CC(=O)NC[C@H]1CN(c2ccc(OC[C@@H](O)CNC3CC3)c(F)c2)C(=O)O1. The van der Waals surface area contributed by atoms with Crippen LogP contribution in [0, 0.1) is 5.82 Å². The molecule has 0 radical (unpaired) electrons. The first-order chi connectivity index (χ1) is 12.9. The number of amides is 2. The van der Waals surface area contributed by atoms with E-state index in [-0.39, 0.29) is 31.4 Å². The van der Waals surface area contributed by atoms with Crippen molar-refractivity contribution < 1.29 is 28.6 Å². The van der Waals surface area contributed by atoms with Gasteiger partial charge in [-0.15, -0.1) is 0 Å². The fraction of sp³-hybridized carbons (Fsp3) is 0.556. The quantitative estimate of drug-likeness (QED) is 0.585. The standard InChI is InChI=1S/C18H24FN3O5/c1-11(23)20-8-15-9-22(18(25)27-15)13-4-5-17(16(19)6-13)26-10-14(24)7-21-12-2-3-12/h4-6,12,14-15,21,24H,2-3,7-10H2,1H3,(H,20,23)/t14-,15-/m0/s1. The number of hydrogen-bond acceptors (Lipinski definition) is 6. The number of cyclic esters (lactones) is 1. The zero-order chi connectivity index (χ0) is 19.4. The highest BCUT2D eigenvalue weighted by Gasteiger charge is 2.32. The van der Waals surface area contributed by atoms with Crippen LogP contribution in [0.2, 0.25) is 0 Å². The lowest BCUT2D eigenvalue weighted by Gasteiger charge is -2.16. The van der Waals surface area contributed by atoms with Crippen molar-refractivity contribution in [1.82, 2.24) is 10.6 Å². The van der Waals surface area contributed by atoms with E-state index in [0.717, 1.165) is 12.8 Å². The van der Waals surface area contributed by atoms with Crippen LogP contribution in [0.15, 0.2) is 18.2 Å². The predicted molar refractivity (Wildman–Crippen MR) is 95.2 cm³/mol. The topological polar surface area (TPSA) is 100 Å². The van der Waals surface area contributed by atoms with Crippen LogP contribution in [0.3, 0.4) is 0 Å². The van der Waals surface area contributed by atoms with Crippen LogP contribution in [-0.4, -0.2) is 61.6 Å². The monoisotopic (exact) mass is 381 g/mol. The van der Waals surface area contributed by atoms with Gasteiger partial charge in [0.25, 0.3) is 0 Å². The number of anilines is 1. The van der Waals surface area contributed by atoms with Crippen LogP contribution in [0.1, 0.15) is 19.8 Å². The number of carbonyl (C=O) groups is 2. The molecular weight excluding hydrogens is 357 g/mol. The molecule has 2 fully saturated rings. The maximum Gasteiger partial charge on any atom is 0.414 e. The molecule has 8 nitrogen and oxygen atoms in total. The van der Waals surface area contributed by atoms with E-state index in [0.29, 0.717) is 18.3 Å². The third-order valence-electron chi connectivity index (χ3n) is 4.33. The molecule has 0 bridgehead atoms. The van der Waals surface area contributed by atoms with Crippen LogP contribution in [-0.2, 0) is 9.53 Å². The van der Waals surface area contributed by atoms with Gasteiger partial charge in [-0.05, 0) is 25.0 Å². The molecule has 1 saturated carbocycles. The van der Waals surface area contributed by atoms with Crippen molar-refractivity contribution in [1.29, 1.82) is 0 Å². The summed E-state index contributed by atoms with van der Waals surface area (Å²) >= 11 is 0. The lowest BCUT2D eigenvalue weighted by atomic mass is 10.2. The molecule has 1 saturated heterocycles. The van der Waals surface area contributed by atoms with Gasteiger partial charge in [-0.3, -0.25) is 9.69 Å². The molecule has 0 unspecified atom stereocenters. The second kappa shape index (κ2) is 8.53. The molecule has 2 atom stereocenters. The van der Waals surface area contributed by atoms with Gasteiger partial charge in [-0.1, -0.05) is 0 Å². The smallest absolute Gasteiger partial charge is 0.414 e. The van der Waals surface area contributed by atoms with Crippen molar-refractivity contribution in [2.75, 3.05) is 31.1 Å². The van der Waals surface area contributed by atoms with E-state index in [1.54, 1.807) is 6.07 Å². The Morgan fingerprint density at radius 1 is 1.48 bits per heavy atom. The second-order valence-electron chi connectivity index (χ2n) is 6.82. The summed E-state index contributed by atoms with van der Waals surface area (Å²) in [7, 11) is 0. The van der Waals surface area contributed by atoms with Crippen LogP contribution in [0.5, 0.6) is 5.75 Å². The maximum absolute atomic E-state index is 14.3. The lowest BCUT2D eigenvalue weighted by Crippen LogP contribution is -2.33. The molecule has 2 aliphatic rings. The zero-order valence-electron chi connectivity index (χ0n) is 15.1. The van der Waals surface area contributed by atoms with Gasteiger partial charge >= 0.3 is 6.09 Å². The molecule has 27 heavy (non-hydrogen) atoms. The number of aliphatic hydroxyl groups is 1. The molecule has 1 aromatic carbocycles. The van der Waals surface area contributed by atoms with Crippen molar-refractivity contribution in [2.45, 2.75) is 38.0 Å². The fourth-order valence-corrected chi connectivity index (χ4v) is 2.71. The minimum Gasteiger partial charge on any atom is -0.488 e. The Hall–Kier alpha value is -2.39. The molecule has 1 aliphatic heterocycles. The number of halogens is 1. The third-order valence-corrected chi connectivity index (χ3v) is 4.33. The molecule has 0 spiro atoms. The highest BCUT2D eigenvalue weighted by molar-refractivity contribution is 5.89. The summed E-state index contributed by atoms with van der Waals surface area (Å²) in [6.07, 6.45) is 0.421. The Labute approximate surface area is 156 Å². The Bertz CT molecular complexity index is 698. The summed E-state index contributed by atoms with van der Waals surface area (Å²) in [4.78, 5) is 24.2. The molecule has 2 amide bonds. The number of nitrogens with one attached hydrogen (secondary N) is 2. The van der Waals surface area contributed by atoms with Crippen LogP contribution >= 0.6 is 0 Å². The number of benzene rings is 1. The molecule has 148 valence electrons. The van der Waals surface area contributed by atoms with Crippen molar-refractivity contribution in [3.8, 4) is 5.75 Å². The van der Waals surface area contributed by atoms with Gasteiger partial charge in [-0.2, -0.15) is 0 Å². The first-order valence-corrected chi connectivity index (χ1v) is 8.98. The molecule has 1 aliphatic carbocycles. The Kier molecular flexibility index (Phi) is 6.12. The van der Waals surface area contributed by atoms with Gasteiger partial charge in [0.15, 0.2) is 11.6 Å². The maximum atomic E-state index is 14.3. The third kappa shape index (κ3) is 5.54. The predicted octanol–water partition coefficient (Wildman–Crippen LogP) is 0.779. The molecule has 0 aromatic heterocycles. The first-order valence-electron chi connectivity index (χ1n) is 8.98. The average molecular weight is 381 g/mol. The van der Waals surface area contributed by atoms with Crippen molar-refractivity contribution >= 4 is 17.7 Å². The average Bonchev–Trinajstić information content (AvgIpc) is 3.38. The first kappa shape index (κ1) is 19.4. The van der Waals surface area contributed by atoms with Crippen molar-refractivity contribution in [3.05, 3.63) is 24.0 Å². The Morgan fingerprint density at radius 3 is 2.93 bits per heavy atom. The summed E-state index contributed by atoms with van der Waals surface area (Å²) in [6.45, 7) is 2.17. The van der Waals surface area contributed by atoms with Gasteiger partial charge in [0.1, 0.15) is 18.8 Å². The normalized spacial score (nSPS) is 20.3. The fourth-order valence-electron chi connectivity index (χ4n) is 2.71. The van der Waals surface area contributed by atoms with E-state index >= 15 is 0 Å². The number of hydrogen-bond donors (Lipinski definition) is 3. The van der Waals surface area contributed by atoms with Crippen LogP contribution in [0.4, 0.5) is 14.9 Å². The summed E-state index contributed by atoms with van der Waals surface area (Å²) in [5.41, 5.74) is 0.339. The Balaban J connectivity index is 1.52. The molecule has 3 rings (SSSR count). The Morgan fingerprint density at radius 2 is 2.26 bits per heavy atom. The van der Waals surface area contributed by atoms with E-state index in [1.165, 1.54) is 24.0 Å². The molecule has 1 aromatic rings. The lowest BCUT2D eigenvalue weighted by molar-refractivity contribution is -0.119. The van der Waals surface area contributed by atoms with E-state index in [2.05, 4.69) is 10.6 Å². The summed E-state index contributed by atoms with van der Waals surface area (Å²) < 4.78 is 24.8.